The van der Waals surface area contributed by atoms with Crippen molar-refractivity contribution in [1.29, 1.82) is 0 Å². The van der Waals surface area contributed by atoms with E-state index in [0.717, 1.165) is 54.6 Å². The zero-order valence-electron chi connectivity index (χ0n) is 17.3. The fraction of sp³-hybridized carbons (Fsp3) is 0.240. The van der Waals surface area contributed by atoms with Gasteiger partial charge in [0.15, 0.2) is 5.82 Å². The maximum atomic E-state index is 14.1. The molecule has 5 rings (SSSR count). The molecule has 3 aromatic carbocycles. The normalized spacial score (nSPS) is 16.9. The highest BCUT2D eigenvalue weighted by atomic mass is 32.2. The summed E-state index contributed by atoms with van der Waals surface area (Å²) in [5, 5.41) is 3.08. The number of fused-ring (bicyclic) bond motifs is 2. The summed E-state index contributed by atoms with van der Waals surface area (Å²) in [4.78, 5) is 12.7. The van der Waals surface area contributed by atoms with Crippen LogP contribution in [0.5, 0.6) is 0 Å². The molecule has 32 heavy (non-hydrogen) atoms. The van der Waals surface area contributed by atoms with Crippen molar-refractivity contribution in [3.8, 4) is 0 Å². The number of aryl methyl sites for hydroxylation is 2. The lowest BCUT2D eigenvalue weighted by atomic mass is 9.65. The third kappa shape index (κ3) is 3.65. The third-order valence-electron chi connectivity index (χ3n) is 6.45. The Labute approximate surface area is 188 Å². The zero-order valence-corrected chi connectivity index (χ0v) is 18.1. The number of rotatable bonds is 6. The SMILES string of the molecule is O=C1Nc2c(CCc3ccccc3)cc(N[S+]([O-])c3ccc(F)cc3F)cc2C12CCC2. The molecule has 1 spiro atoms. The Hall–Kier alpha value is -2.90. The second-order valence-corrected chi connectivity index (χ2v) is 9.56. The van der Waals surface area contributed by atoms with Crippen molar-refractivity contribution in [3.05, 3.63) is 89.0 Å². The van der Waals surface area contributed by atoms with Gasteiger partial charge in [0.2, 0.25) is 10.8 Å². The van der Waals surface area contributed by atoms with E-state index in [1.807, 2.05) is 30.3 Å². The summed E-state index contributed by atoms with van der Waals surface area (Å²) in [5.74, 6) is -1.57. The van der Waals surface area contributed by atoms with E-state index in [2.05, 4.69) is 22.2 Å². The van der Waals surface area contributed by atoms with Crippen LogP contribution in [0.15, 0.2) is 65.6 Å². The lowest BCUT2D eigenvalue weighted by molar-refractivity contribution is -0.123. The summed E-state index contributed by atoms with van der Waals surface area (Å²) in [6.07, 6.45) is 4.02. The first kappa shape index (κ1) is 21.0. The highest BCUT2D eigenvalue weighted by molar-refractivity contribution is 7.92. The van der Waals surface area contributed by atoms with E-state index in [-0.39, 0.29) is 10.8 Å². The van der Waals surface area contributed by atoms with E-state index in [4.69, 9.17) is 0 Å². The molecule has 3 aromatic rings. The predicted molar refractivity (Wildman–Crippen MR) is 121 cm³/mol. The summed E-state index contributed by atoms with van der Waals surface area (Å²) in [6, 6.07) is 16.7. The van der Waals surface area contributed by atoms with Gasteiger partial charge in [0.1, 0.15) is 17.2 Å². The number of nitrogens with one attached hydrogen (secondary N) is 2. The predicted octanol–water partition coefficient (Wildman–Crippen LogP) is 5.26. The summed E-state index contributed by atoms with van der Waals surface area (Å²) in [7, 11) is 0. The van der Waals surface area contributed by atoms with Gasteiger partial charge < -0.3 is 9.87 Å². The maximum Gasteiger partial charge on any atom is 0.235 e. The van der Waals surface area contributed by atoms with Crippen LogP contribution in [0, 0.1) is 11.6 Å². The van der Waals surface area contributed by atoms with Crippen LogP contribution in [0.3, 0.4) is 0 Å². The smallest absolute Gasteiger partial charge is 0.235 e. The highest BCUT2D eigenvalue weighted by Gasteiger charge is 2.51. The van der Waals surface area contributed by atoms with E-state index in [1.54, 1.807) is 0 Å². The van der Waals surface area contributed by atoms with Crippen LogP contribution in [0.1, 0.15) is 36.0 Å². The topological polar surface area (TPSA) is 64.2 Å². The van der Waals surface area contributed by atoms with Crippen LogP contribution in [-0.4, -0.2) is 10.5 Å². The third-order valence-corrected chi connectivity index (χ3v) is 7.60. The Morgan fingerprint density at radius 2 is 1.81 bits per heavy atom. The van der Waals surface area contributed by atoms with Crippen LogP contribution in [-0.2, 0) is 34.4 Å². The molecule has 1 saturated carbocycles. The number of carbonyl (C=O) groups is 1. The molecule has 1 aliphatic carbocycles. The Balaban J connectivity index is 1.48. The second-order valence-electron chi connectivity index (χ2n) is 8.38. The molecule has 1 unspecified atom stereocenters. The first-order valence-electron chi connectivity index (χ1n) is 10.6. The van der Waals surface area contributed by atoms with Gasteiger partial charge in [0.25, 0.3) is 0 Å². The van der Waals surface area contributed by atoms with Crippen molar-refractivity contribution in [2.45, 2.75) is 42.4 Å². The molecule has 1 fully saturated rings. The Kier molecular flexibility index (Phi) is 5.39. The van der Waals surface area contributed by atoms with Crippen molar-refractivity contribution in [3.63, 3.8) is 0 Å². The Morgan fingerprint density at radius 3 is 2.50 bits per heavy atom. The lowest BCUT2D eigenvalue weighted by Gasteiger charge is -2.36. The summed E-state index contributed by atoms with van der Waals surface area (Å²) in [6.45, 7) is 0. The summed E-state index contributed by atoms with van der Waals surface area (Å²) < 4.78 is 43.0. The highest BCUT2D eigenvalue weighted by Crippen LogP contribution is 2.53. The molecule has 2 aliphatic rings. The molecular weight excluding hydrogens is 430 g/mol. The van der Waals surface area contributed by atoms with E-state index < -0.39 is 28.4 Å². The van der Waals surface area contributed by atoms with Crippen LogP contribution in [0.25, 0.3) is 0 Å². The first-order chi connectivity index (χ1) is 15.5. The number of amides is 1. The molecule has 0 saturated heterocycles. The van der Waals surface area contributed by atoms with Crippen LogP contribution >= 0.6 is 0 Å². The van der Waals surface area contributed by atoms with Crippen molar-refractivity contribution in [2.24, 2.45) is 0 Å². The molecular formula is C25H22F2N2O2S. The largest absolute Gasteiger partial charge is 0.588 e. The minimum Gasteiger partial charge on any atom is -0.588 e. The summed E-state index contributed by atoms with van der Waals surface area (Å²) in [5.41, 5.74) is 3.91. The molecule has 0 aromatic heterocycles. The standard InChI is InChI=1S/C25H22F2N2O2S/c26-18-9-10-22(21(27)14-18)32(31)29-19-13-17(8-7-16-5-2-1-3-6-16)23-20(15-19)25(11-4-12-25)24(30)28-23/h1-3,5-6,9-10,13-15,29H,4,7-8,11-12H2,(H,28,30). The van der Waals surface area contributed by atoms with Crippen LogP contribution in [0.2, 0.25) is 0 Å². The quantitative estimate of drug-likeness (QED) is 0.502. The molecule has 0 bridgehead atoms. The molecule has 1 aliphatic heterocycles. The number of hydrogen-bond donors (Lipinski definition) is 2. The van der Waals surface area contributed by atoms with E-state index in [9.17, 15) is 18.1 Å². The van der Waals surface area contributed by atoms with Gasteiger partial charge >= 0.3 is 0 Å². The maximum absolute atomic E-state index is 14.1. The van der Waals surface area contributed by atoms with Gasteiger partial charge in [-0.05, 0) is 60.6 Å². The van der Waals surface area contributed by atoms with Gasteiger partial charge in [-0.15, -0.1) is 0 Å². The molecule has 1 atom stereocenters. The number of halogens is 2. The molecule has 0 radical (unpaired) electrons. The average molecular weight is 453 g/mol. The zero-order chi connectivity index (χ0) is 22.3. The number of benzene rings is 3. The van der Waals surface area contributed by atoms with E-state index >= 15 is 0 Å². The number of carbonyl (C=O) groups excluding carboxylic acids is 1. The molecule has 1 amide bonds. The monoisotopic (exact) mass is 452 g/mol. The van der Waals surface area contributed by atoms with Gasteiger partial charge in [-0.25, -0.2) is 13.5 Å². The molecule has 7 heteroatoms. The van der Waals surface area contributed by atoms with Gasteiger partial charge in [-0.2, -0.15) is 0 Å². The average Bonchev–Trinajstić information content (AvgIpc) is 3.05. The van der Waals surface area contributed by atoms with Gasteiger partial charge in [-0.3, -0.25) is 4.79 Å². The van der Waals surface area contributed by atoms with E-state index in [1.165, 1.54) is 11.6 Å². The Bertz CT molecular complexity index is 1180. The Morgan fingerprint density at radius 1 is 1.03 bits per heavy atom. The summed E-state index contributed by atoms with van der Waals surface area (Å²) >= 11 is -1.91. The lowest BCUT2D eigenvalue weighted by Crippen LogP contribution is -2.40. The molecule has 4 nitrogen and oxygen atoms in total. The number of hydrogen-bond acceptors (Lipinski definition) is 3. The van der Waals surface area contributed by atoms with E-state index in [0.29, 0.717) is 12.1 Å². The van der Waals surface area contributed by atoms with Gasteiger partial charge in [0, 0.05) is 17.8 Å². The van der Waals surface area contributed by atoms with Crippen molar-refractivity contribution in [2.75, 3.05) is 10.0 Å². The fourth-order valence-corrected chi connectivity index (χ4v) is 5.45. The van der Waals surface area contributed by atoms with Gasteiger partial charge in [0.05, 0.1) is 11.1 Å². The number of anilines is 2. The molecule has 2 N–H and O–H groups in total. The second kappa shape index (κ2) is 8.22. The van der Waals surface area contributed by atoms with Crippen molar-refractivity contribution >= 4 is 28.6 Å². The van der Waals surface area contributed by atoms with Gasteiger partial charge in [-0.1, -0.05) is 36.8 Å². The van der Waals surface area contributed by atoms with Crippen molar-refractivity contribution in [1.82, 2.24) is 0 Å². The molecule has 1 heterocycles. The van der Waals surface area contributed by atoms with Crippen LogP contribution < -0.4 is 10.0 Å². The minimum atomic E-state index is -1.91. The van der Waals surface area contributed by atoms with Crippen molar-refractivity contribution < 1.29 is 18.1 Å². The minimum absolute atomic E-state index is 0.0163. The molecule has 164 valence electrons. The first-order valence-corrected chi connectivity index (χ1v) is 11.8. The fourth-order valence-electron chi connectivity index (χ4n) is 4.58. The van der Waals surface area contributed by atoms with Crippen LogP contribution in [0.4, 0.5) is 20.2 Å².